The minimum atomic E-state index is -0.932. The van der Waals surface area contributed by atoms with Crippen molar-refractivity contribution >= 4 is 40.9 Å². The van der Waals surface area contributed by atoms with E-state index in [1.54, 1.807) is 16.9 Å². The van der Waals surface area contributed by atoms with Gasteiger partial charge < -0.3 is 14.6 Å². The van der Waals surface area contributed by atoms with Crippen molar-refractivity contribution in [3.8, 4) is 11.8 Å². The molecule has 0 fully saturated rings. The SMILES string of the molecule is CCSCCOc1cc(CCCOc2nn(Cc3ccccc3)cc2CC(=O)O)n(Cc2ccc(Cl)cc2Cl)n1. The van der Waals surface area contributed by atoms with Crippen molar-refractivity contribution in [3.63, 3.8) is 0 Å². The third kappa shape index (κ3) is 8.94. The fourth-order valence-electron chi connectivity index (χ4n) is 4.12. The summed E-state index contributed by atoms with van der Waals surface area (Å²) in [6.45, 7) is 4.07. The standard InChI is InChI=1S/C29H32Cl2N4O4S/c1-2-40-14-13-38-27-17-25(35(32-27)20-22-10-11-24(30)16-26(22)31)9-6-12-39-29-23(15-28(36)37)19-34(33-29)18-21-7-4-3-5-8-21/h3-5,7-8,10-11,16-17,19H,2,6,9,12-15,18,20H2,1H3,(H,36,37). The number of thioether (sulfide) groups is 1. The molecule has 8 nitrogen and oxygen atoms in total. The van der Waals surface area contributed by atoms with Crippen LogP contribution in [0.4, 0.5) is 0 Å². The highest BCUT2D eigenvalue weighted by Gasteiger charge is 2.15. The molecule has 0 amide bonds. The second-order valence-electron chi connectivity index (χ2n) is 9.08. The number of halogens is 2. The van der Waals surface area contributed by atoms with Gasteiger partial charge in [0.25, 0.3) is 0 Å². The van der Waals surface area contributed by atoms with E-state index in [9.17, 15) is 9.90 Å². The van der Waals surface area contributed by atoms with Gasteiger partial charge in [0.2, 0.25) is 11.8 Å². The molecule has 4 aromatic rings. The van der Waals surface area contributed by atoms with Gasteiger partial charge >= 0.3 is 5.97 Å². The molecule has 2 heterocycles. The summed E-state index contributed by atoms with van der Waals surface area (Å²) in [4.78, 5) is 11.4. The van der Waals surface area contributed by atoms with Crippen LogP contribution in [0.5, 0.6) is 11.8 Å². The summed E-state index contributed by atoms with van der Waals surface area (Å²) >= 11 is 14.3. The van der Waals surface area contributed by atoms with Crippen LogP contribution in [0.3, 0.4) is 0 Å². The zero-order valence-electron chi connectivity index (χ0n) is 22.3. The maximum atomic E-state index is 11.4. The summed E-state index contributed by atoms with van der Waals surface area (Å²) in [6.07, 6.45) is 2.92. The normalized spacial score (nSPS) is 11.1. The second-order valence-corrected chi connectivity index (χ2v) is 11.3. The van der Waals surface area contributed by atoms with Crippen molar-refractivity contribution in [2.75, 3.05) is 24.7 Å². The van der Waals surface area contributed by atoms with Crippen molar-refractivity contribution in [2.45, 2.75) is 39.3 Å². The summed E-state index contributed by atoms with van der Waals surface area (Å²) in [5, 5.41) is 19.7. The van der Waals surface area contributed by atoms with Gasteiger partial charge in [0.1, 0.15) is 0 Å². The average Bonchev–Trinajstić information content (AvgIpc) is 3.49. The van der Waals surface area contributed by atoms with Gasteiger partial charge in [-0.25, -0.2) is 0 Å². The maximum Gasteiger partial charge on any atom is 0.308 e. The number of carboxylic acids is 1. The van der Waals surface area contributed by atoms with E-state index < -0.39 is 5.97 Å². The van der Waals surface area contributed by atoms with Crippen LogP contribution < -0.4 is 9.47 Å². The van der Waals surface area contributed by atoms with E-state index in [0.29, 0.717) is 66.5 Å². The van der Waals surface area contributed by atoms with E-state index in [-0.39, 0.29) is 6.42 Å². The molecule has 1 N–H and O–H groups in total. The lowest BCUT2D eigenvalue weighted by atomic mass is 10.2. The number of carboxylic acid groups (broad SMARTS) is 1. The van der Waals surface area contributed by atoms with E-state index in [4.69, 9.17) is 32.7 Å². The number of carbonyl (C=O) groups is 1. The van der Waals surface area contributed by atoms with Crippen LogP contribution in [0.2, 0.25) is 10.0 Å². The van der Waals surface area contributed by atoms with Crippen molar-refractivity contribution < 1.29 is 19.4 Å². The first-order chi connectivity index (χ1) is 19.4. The fraction of sp³-hybridized carbons (Fsp3) is 0.345. The van der Waals surface area contributed by atoms with E-state index >= 15 is 0 Å². The molecule has 11 heteroatoms. The zero-order valence-corrected chi connectivity index (χ0v) is 24.6. The summed E-state index contributed by atoms with van der Waals surface area (Å²) < 4.78 is 15.5. The van der Waals surface area contributed by atoms with Crippen LogP contribution in [0.15, 0.2) is 60.8 Å². The Labute approximate surface area is 248 Å². The number of aryl methyl sites for hydroxylation is 1. The van der Waals surface area contributed by atoms with Gasteiger partial charge in [0.15, 0.2) is 0 Å². The first-order valence-electron chi connectivity index (χ1n) is 13.1. The quantitative estimate of drug-likeness (QED) is 0.151. The molecule has 0 bridgehead atoms. The average molecular weight is 604 g/mol. The number of ether oxygens (including phenoxy) is 2. The molecule has 2 aromatic heterocycles. The zero-order chi connectivity index (χ0) is 28.3. The number of aliphatic carboxylic acids is 1. The topological polar surface area (TPSA) is 91.4 Å². The van der Waals surface area contributed by atoms with E-state index in [2.05, 4.69) is 17.1 Å². The molecule has 212 valence electrons. The Morgan fingerprint density at radius 2 is 1.82 bits per heavy atom. The van der Waals surface area contributed by atoms with Gasteiger partial charge in [-0.15, -0.1) is 10.2 Å². The molecule has 0 atom stereocenters. The van der Waals surface area contributed by atoms with Crippen LogP contribution in [0.1, 0.15) is 35.7 Å². The molecule has 40 heavy (non-hydrogen) atoms. The van der Waals surface area contributed by atoms with Crippen LogP contribution in [0, 0.1) is 0 Å². The number of nitrogens with zero attached hydrogens (tertiary/aromatic N) is 4. The smallest absolute Gasteiger partial charge is 0.308 e. The van der Waals surface area contributed by atoms with Gasteiger partial charge in [-0.2, -0.15) is 11.8 Å². The number of hydrogen-bond donors (Lipinski definition) is 1. The van der Waals surface area contributed by atoms with Crippen LogP contribution >= 0.6 is 35.0 Å². The van der Waals surface area contributed by atoms with Crippen molar-refractivity contribution in [1.82, 2.24) is 19.6 Å². The molecule has 0 saturated heterocycles. The highest BCUT2D eigenvalue weighted by atomic mass is 35.5. The molecule has 2 aromatic carbocycles. The first kappa shape index (κ1) is 29.8. The van der Waals surface area contributed by atoms with E-state index in [0.717, 1.165) is 28.3 Å². The Balaban J connectivity index is 1.41. The summed E-state index contributed by atoms with van der Waals surface area (Å²) in [5.74, 6) is 1.92. The van der Waals surface area contributed by atoms with Crippen LogP contribution in [0.25, 0.3) is 0 Å². The minimum Gasteiger partial charge on any atom is -0.481 e. The van der Waals surface area contributed by atoms with Gasteiger partial charge in [-0.1, -0.05) is 66.5 Å². The maximum absolute atomic E-state index is 11.4. The fourth-order valence-corrected chi connectivity index (χ4v) is 5.08. The van der Waals surface area contributed by atoms with Gasteiger partial charge in [-0.3, -0.25) is 14.2 Å². The van der Waals surface area contributed by atoms with Gasteiger partial charge in [-0.05, 0) is 41.9 Å². The molecular formula is C29H32Cl2N4O4S. The lowest BCUT2D eigenvalue weighted by Gasteiger charge is -2.10. The molecular weight excluding hydrogens is 571 g/mol. The Kier molecular flexibility index (Phi) is 11.2. The molecule has 0 aliphatic carbocycles. The summed E-state index contributed by atoms with van der Waals surface area (Å²) in [7, 11) is 0. The summed E-state index contributed by atoms with van der Waals surface area (Å²) in [5.41, 5.74) is 3.50. The lowest BCUT2D eigenvalue weighted by molar-refractivity contribution is -0.136. The van der Waals surface area contributed by atoms with Crippen molar-refractivity contribution in [2.24, 2.45) is 0 Å². The van der Waals surface area contributed by atoms with Crippen LogP contribution in [-0.4, -0.2) is 55.4 Å². The van der Waals surface area contributed by atoms with Crippen molar-refractivity contribution in [3.05, 3.63) is 93.2 Å². The second kappa shape index (κ2) is 15.0. The van der Waals surface area contributed by atoms with E-state index in [1.165, 1.54) is 0 Å². The summed E-state index contributed by atoms with van der Waals surface area (Å²) in [6, 6.07) is 17.2. The predicted molar refractivity (Wildman–Crippen MR) is 159 cm³/mol. The molecule has 4 rings (SSSR count). The molecule has 0 aliphatic heterocycles. The van der Waals surface area contributed by atoms with Gasteiger partial charge in [0, 0.05) is 39.3 Å². The van der Waals surface area contributed by atoms with E-state index in [1.807, 2.05) is 65.0 Å². The monoisotopic (exact) mass is 602 g/mol. The Bertz CT molecular complexity index is 1390. The predicted octanol–water partition coefficient (Wildman–Crippen LogP) is 6.25. The number of hydrogen-bond acceptors (Lipinski definition) is 6. The molecule has 0 saturated carbocycles. The third-order valence-corrected chi connectivity index (χ3v) is 7.45. The number of benzene rings is 2. The Morgan fingerprint density at radius 3 is 2.58 bits per heavy atom. The van der Waals surface area contributed by atoms with Crippen molar-refractivity contribution in [1.29, 1.82) is 0 Å². The highest BCUT2D eigenvalue weighted by Crippen LogP contribution is 2.24. The first-order valence-corrected chi connectivity index (χ1v) is 15.0. The minimum absolute atomic E-state index is 0.157. The third-order valence-electron chi connectivity index (χ3n) is 6.00. The van der Waals surface area contributed by atoms with Gasteiger partial charge in [0.05, 0.1) is 32.7 Å². The Morgan fingerprint density at radius 1 is 1.00 bits per heavy atom. The molecule has 0 unspecified atom stereocenters. The number of aromatic nitrogens is 4. The molecule has 0 radical (unpaired) electrons. The largest absolute Gasteiger partial charge is 0.481 e. The molecule has 0 spiro atoms. The highest BCUT2D eigenvalue weighted by molar-refractivity contribution is 7.99. The number of rotatable bonds is 16. The van der Waals surface area contributed by atoms with Crippen LogP contribution in [-0.2, 0) is 30.7 Å². The lowest BCUT2D eigenvalue weighted by Crippen LogP contribution is -2.09. The Hall–Kier alpha value is -3.14. The molecule has 0 aliphatic rings.